The first-order valence-corrected chi connectivity index (χ1v) is 8.50. The molecule has 0 bridgehead atoms. The molecule has 0 radical (unpaired) electrons. The van der Waals surface area contributed by atoms with Gasteiger partial charge in [-0.2, -0.15) is 0 Å². The highest BCUT2D eigenvalue weighted by Gasteiger charge is 2.32. The number of rotatable bonds is 4. The third-order valence-electron chi connectivity index (χ3n) is 5.38. The van der Waals surface area contributed by atoms with E-state index in [0.29, 0.717) is 6.10 Å². The van der Waals surface area contributed by atoms with E-state index in [9.17, 15) is 0 Å². The number of hydrogen-bond donors (Lipinski definition) is 1. The van der Waals surface area contributed by atoms with E-state index in [4.69, 9.17) is 4.74 Å². The lowest BCUT2D eigenvalue weighted by atomic mass is 9.78. The highest BCUT2D eigenvalue weighted by atomic mass is 16.5. The van der Waals surface area contributed by atoms with Crippen LogP contribution in [0.2, 0.25) is 0 Å². The van der Waals surface area contributed by atoms with Gasteiger partial charge in [0.15, 0.2) is 0 Å². The maximum Gasteiger partial charge on any atom is 0.0600 e. The minimum Gasteiger partial charge on any atom is -0.377 e. The van der Waals surface area contributed by atoms with E-state index in [1.807, 2.05) is 0 Å². The molecule has 0 aromatic carbocycles. The van der Waals surface area contributed by atoms with Gasteiger partial charge < -0.3 is 10.1 Å². The molecule has 0 amide bonds. The normalized spacial score (nSPS) is 34.1. The van der Waals surface area contributed by atoms with Crippen LogP contribution in [0.15, 0.2) is 0 Å². The van der Waals surface area contributed by atoms with E-state index in [1.165, 1.54) is 64.5 Å². The van der Waals surface area contributed by atoms with Crippen LogP contribution in [0.4, 0.5) is 0 Å². The fraction of sp³-hybridized carbons (Fsp3) is 1.00. The average Bonchev–Trinajstić information content (AvgIpc) is 2.49. The molecule has 19 heavy (non-hydrogen) atoms. The second-order valence-electron chi connectivity index (χ2n) is 6.61. The van der Waals surface area contributed by atoms with E-state index < -0.39 is 0 Å². The van der Waals surface area contributed by atoms with Gasteiger partial charge in [-0.25, -0.2) is 0 Å². The molecule has 2 aliphatic heterocycles. The van der Waals surface area contributed by atoms with Crippen molar-refractivity contribution in [3.8, 4) is 0 Å². The van der Waals surface area contributed by atoms with Crippen LogP contribution >= 0.6 is 0 Å². The van der Waals surface area contributed by atoms with Crippen molar-refractivity contribution < 1.29 is 4.74 Å². The Kier molecular flexibility index (Phi) is 5.14. The summed E-state index contributed by atoms with van der Waals surface area (Å²) < 4.78 is 6.08. The summed E-state index contributed by atoms with van der Waals surface area (Å²) >= 11 is 0. The zero-order valence-corrected chi connectivity index (χ0v) is 12.3. The summed E-state index contributed by atoms with van der Waals surface area (Å²) in [6, 6.07) is 0.888. The Labute approximate surface area is 118 Å². The van der Waals surface area contributed by atoms with E-state index >= 15 is 0 Å². The van der Waals surface area contributed by atoms with Crippen LogP contribution in [-0.4, -0.2) is 49.8 Å². The number of fused-ring (bicyclic) bond motifs is 1. The molecule has 0 spiro atoms. The molecule has 1 N–H and O–H groups in total. The molecule has 3 heteroatoms. The molecule has 0 aromatic rings. The Morgan fingerprint density at radius 3 is 2.63 bits per heavy atom. The van der Waals surface area contributed by atoms with Gasteiger partial charge in [0.05, 0.1) is 12.7 Å². The summed E-state index contributed by atoms with van der Waals surface area (Å²) in [7, 11) is 0. The average molecular weight is 266 g/mol. The minimum absolute atomic E-state index is 0.521. The van der Waals surface area contributed by atoms with Gasteiger partial charge in [0.1, 0.15) is 0 Å². The highest BCUT2D eigenvalue weighted by molar-refractivity contribution is 4.87. The largest absolute Gasteiger partial charge is 0.377 e. The highest BCUT2D eigenvalue weighted by Crippen LogP contribution is 2.34. The lowest BCUT2D eigenvalue weighted by molar-refractivity contribution is -0.00698. The Balaban J connectivity index is 1.40. The van der Waals surface area contributed by atoms with Crippen LogP contribution < -0.4 is 5.32 Å². The van der Waals surface area contributed by atoms with Crippen molar-refractivity contribution in [1.82, 2.24) is 10.2 Å². The van der Waals surface area contributed by atoms with Gasteiger partial charge in [0.25, 0.3) is 0 Å². The topological polar surface area (TPSA) is 24.5 Å². The van der Waals surface area contributed by atoms with Crippen molar-refractivity contribution in [3.05, 3.63) is 0 Å². The predicted molar refractivity (Wildman–Crippen MR) is 78.4 cm³/mol. The number of nitrogens with zero attached hydrogens (tertiary/aromatic N) is 1. The quantitative estimate of drug-likeness (QED) is 0.846. The SMILES string of the molecule is C1CCC2C(C1)CCCN2CCOC1CCNCC1. The van der Waals surface area contributed by atoms with Crippen molar-refractivity contribution in [2.75, 3.05) is 32.8 Å². The molecule has 1 saturated carbocycles. The van der Waals surface area contributed by atoms with Gasteiger partial charge in [-0.15, -0.1) is 0 Å². The fourth-order valence-corrected chi connectivity index (χ4v) is 4.30. The fourth-order valence-electron chi connectivity index (χ4n) is 4.30. The molecule has 2 unspecified atom stereocenters. The molecular weight excluding hydrogens is 236 g/mol. The first-order chi connectivity index (χ1) is 9.43. The zero-order chi connectivity index (χ0) is 12.9. The lowest BCUT2D eigenvalue weighted by Crippen LogP contribution is -2.48. The summed E-state index contributed by atoms with van der Waals surface area (Å²) in [5.74, 6) is 1.00. The van der Waals surface area contributed by atoms with E-state index in [-0.39, 0.29) is 0 Å². The summed E-state index contributed by atoms with van der Waals surface area (Å²) in [6.07, 6.45) is 11.7. The second kappa shape index (κ2) is 7.05. The number of ether oxygens (including phenoxy) is 1. The first-order valence-electron chi connectivity index (χ1n) is 8.50. The standard InChI is InChI=1S/C16H30N2O/c1-2-6-16-14(4-1)5-3-11-18(16)12-13-19-15-7-9-17-10-8-15/h14-17H,1-13H2. The van der Waals surface area contributed by atoms with Crippen molar-refractivity contribution in [1.29, 1.82) is 0 Å². The van der Waals surface area contributed by atoms with Crippen LogP contribution in [0.25, 0.3) is 0 Å². The molecule has 3 rings (SSSR count). The van der Waals surface area contributed by atoms with Crippen molar-refractivity contribution >= 4 is 0 Å². The first kappa shape index (κ1) is 13.8. The zero-order valence-electron chi connectivity index (χ0n) is 12.3. The number of piperidine rings is 2. The minimum atomic E-state index is 0.521. The molecule has 3 fully saturated rings. The maximum atomic E-state index is 6.08. The molecule has 3 nitrogen and oxygen atoms in total. The monoisotopic (exact) mass is 266 g/mol. The van der Waals surface area contributed by atoms with Crippen molar-refractivity contribution in [2.45, 2.75) is 63.5 Å². The molecule has 2 atom stereocenters. The van der Waals surface area contributed by atoms with Crippen LogP contribution in [-0.2, 0) is 4.74 Å². The second-order valence-corrected chi connectivity index (χ2v) is 6.61. The van der Waals surface area contributed by atoms with Crippen molar-refractivity contribution in [2.24, 2.45) is 5.92 Å². The van der Waals surface area contributed by atoms with E-state index in [0.717, 1.165) is 31.7 Å². The maximum absolute atomic E-state index is 6.08. The molecule has 3 aliphatic rings. The Morgan fingerprint density at radius 1 is 0.947 bits per heavy atom. The number of nitrogens with one attached hydrogen (secondary N) is 1. The molecule has 110 valence electrons. The van der Waals surface area contributed by atoms with Gasteiger partial charge in [-0.1, -0.05) is 12.8 Å². The smallest absolute Gasteiger partial charge is 0.0600 e. The summed E-state index contributed by atoms with van der Waals surface area (Å²) in [6.45, 7) is 5.72. The van der Waals surface area contributed by atoms with Crippen LogP contribution in [0, 0.1) is 5.92 Å². The van der Waals surface area contributed by atoms with Crippen LogP contribution in [0.5, 0.6) is 0 Å². The van der Waals surface area contributed by atoms with Gasteiger partial charge in [0.2, 0.25) is 0 Å². The lowest BCUT2D eigenvalue weighted by Gasteiger charge is -2.44. The molecular formula is C16H30N2O. The van der Waals surface area contributed by atoms with Crippen molar-refractivity contribution in [3.63, 3.8) is 0 Å². The summed E-state index contributed by atoms with van der Waals surface area (Å²) in [5, 5.41) is 3.40. The molecule has 2 saturated heterocycles. The van der Waals surface area contributed by atoms with E-state index in [1.54, 1.807) is 0 Å². The van der Waals surface area contributed by atoms with Gasteiger partial charge in [0, 0.05) is 12.6 Å². The third kappa shape index (κ3) is 3.71. The molecule has 2 heterocycles. The number of hydrogen-bond acceptors (Lipinski definition) is 3. The van der Waals surface area contributed by atoms with Gasteiger partial charge in [-0.3, -0.25) is 4.90 Å². The van der Waals surface area contributed by atoms with Crippen LogP contribution in [0.3, 0.4) is 0 Å². The Morgan fingerprint density at radius 2 is 1.74 bits per heavy atom. The van der Waals surface area contributed by atoms with E-state index in [2.05, 4.69) is 10.2 Å². The molecule has 0 aromatic heterocycles. The number of likely N-dealkylation sites (tertiary alicyclic amines) is 1. The summed E-state index contributed by atoms with van der Waals surface area (Å²) in [5.41, 5.74) is 0. The Bertz CT molecular complexity index is 263. The molecule has 1 aliphatic carbocycles. The predicted octanol–water partition coefficient (Wildman–Crippen LogP) is 2.41. The van der Waals surface area contributed by atoms with Gasteiger partial charge >= 0.3 is 0 Å². The third-order valence-corrected chi connectivity index (χ3v) is 5.38. The summed E-state index contributed by atoms with van der Waals surface area (Å²) in [4.78, 5) is 2.74. The van der Waals surface area contributed by atoms with Crippen LogP contribution in [0.1, 0.15) is 51.4 Å². The van der Waals surface area contributed by atoms with Gasteiger partial charge in [-0.05, 0) is 64.1 Å². The Hall–Kier alpha value is -0.120.